The Morgan fingerprint density at radius 1 is 1.16 bits per heavy atom. The Labute approximate surface area is 186 Å². The standard InChI is InChI=1S/C18H29N3O3S.C2HF3O2/c1-3-4-11-20(18(22)17-8-6-5-7-16(17)2)14-15-25(23,24)21-12-9-19-10-13-21;3-2(4,5)1(6)7/h5-8,19H,3-4,9-15H2,1-2H3;(H,6,7). The Balaban J connectivity index is 0.000000633. The van der Waals surface area contributed by atoms with Crippen molar-refractivity contribution in [3.63, 3.8) is 0 Å². The number of carbonyl (C=O) groups excluding carboxylic acids is 1. The quantitative estimate of drug-likeness (QED) is 0.589. The van der Waals surface area contributed by atoms with Crippen LogP contribution in [-0.4, -0.2) is 85.8 Å². The van der Waals surface area contributed by atoms with Crippen molar-refractivity contribution in [3.8, 4) is 0 Å². The molecule has 1 aliphatic heterocycles. The van der Waals surface area contributed by atoms with Gasteiger partial charge in [-0.25, -0.2) is 13.2 Å². The molecular weight excluding hydrogens is 451 g/mol. The molecule has 1 aromatic carbocycles. The van der Waals surface area contributed by atoms with Gasteiger partial charge in [-0.05, 0) is 25.0 Å². The van der Waals surface area contributed by atoms with Gasteiger partial charge in [-0.3, -0.25) is 4.79 Å². The molecule has 182 valence electrons. The highest BCUT2D eigenvalue weighted by atomic mass is 32.2. The highest BCUT2D eigenvalue weighted by Crippen LogP contribution is 2.14. The summed E-state index contributed by atoms with van der Waals surface area (Å²) < 4.78 is 58.4. The molecule has 0 bridgehead atoms. The Bertz CT molecular complexity index is 856. The minimum absolute atomic E-state index is 0.0195. The van der Waals surface area contributed by atoms with E-state index in [-0.39, 0.29) is 18.2 Å². The molecule has 8 nitrogen and oxygen atoms in total. The van der Waals surface area contributed by atoms with Gasteiger partial charge in [-0.2, -0.15) is 17.5 Å². The molecule has 0 radical (unpaired) electrons. The molecule has 32 heavy (non-hydrogen) atoms. The maximum atomic E-state index is 12.9. The molecule has 0 atom stereocenters. The molecule has 0 aliphatic carbocycles. The average molecular weight is 482 g/mol. The van der Waals surface area contributed by atoms with Crippen molar-refractivity contribution in [3.05, 3.63) is 35.4 Å². The Hall–Kier alpha value is -2.18. The van der Waals surface area contributed by atoms with Crippen molar-refractivity contribution in [2.75, 3.05) is 45.0 Å². The van der Waals surface area contributed by atoms with Gasteiger partial charge in [-0.1, -0.05) is 31.5 Å². The first-order chi connectivity index (χ1) is 14.9. The van der Waals surface area contributed by atoms with Crippen molar-refractivity contribution >= 4 is 21.9 Å². The monoisotopic (exact) mass is 481 g/mol. The molecule has 1 heterocycles. The van der Waals surface area contributed by atoms with Gasteiger partial charge in [0.15, 0.2) is 0 Å². The Morgan fingerprint density at radius 3 is 2.22 bits per heavy atom. The second-order valence-corrected chi connectivity index (χ2v) is 9.32. The summed E-state index contributed by atoms with van der Waals surface area (Å²) in [5.41, 5.74) is 1.57. The molecule has 0 saturated carbocycles. The molecule has 0 spiro atoms. The summed E-state index contributed by atoms with van der Waals surface area (Å²) in [7, 11) is -3.33. The first-order valence-corrected chi connectivity index (χ1v) is 11.8. The van der Waals surface area contributed by atoms with Crippen LogP contribution in [0.2, 0.25) is 0 Å². The van der Waals surface area contributed by atoms with E-state index in [1.54, 1.807) is 11.0 Å². The number of aryl methyl sites for hydroxylation is 1. The number of halogens is 3. The van der Waals surface area contributed by atoms with E-state index in [1.165, 1.54) is 4.31 Å². The zero-order valence-electron chi connectivity index (χ0n) is 18.2. The fraction of sp³-hybridized carbons (Fsp3) is 0.600. The maximum Gasteiger partial charge on any atom is 0.490 e. The number of carboxylic acids is 1. The lowest BCUT2D eigenvalue weighted by molar-refractivity contribution is -0.192. The summed E-state index contributed by atoms with van der Waals surface area (Å²) in [5, 5.41) is 10.3. The molecule has 2 N–H and O–H groups in total. The molecule has 0 unspecified atom stereocenters. The van der Waals surface area contributed by atoms with Crippen LogP contribution in [0.4, 0.5) is 13.2 Å². The first kappa shape index (κ1) is 27.9. The van der Waals surface area contributed by atoms with Gasteiger partial charge in [-0.15, -0.1) is 0 Å². The van der Waals surface area contributed by atoms with Crippen LogP contribution in [0.1, 0.15) is 35.7 Å². The number of rotatable bonds is 8. The largest absolute Gasteiger partial charge is 0.490 e. The highest BCUT2D eigenvalue weighted by molar-refractivity contribution is 7.89. The van der Waals surface area contributed by atoms with Gasteiger partial charge in [0.2, 0.25) is 10.0 Å². The number of sulfonamides is 1. The number of aliphatic carboxylic acids is 1. The van der Waals surface area contributed by atoms with E-state index >= 15 is 0 Å². The molecule has 12 heteroatoms. The molecule has 1 aliphatic rings. The lowest BCUT2D eigenvalue weighted by Crippen LogP contribution is -2.48. The highest BCUT2D eigenvalue weighted by Gasteiger charge is 2.38. The number of amides is 1. The van der Waals surface area contributed by atoms with Crippen molar-refractivity contribution in [2.45, 2.75) is 32.9 Å². The second kappa shape index (κ2) is 12.8. The summed E-state index contributed by atoms with van der Waals surface area (Å²) in [6, 6.07) is 7.46. The maximum absolute atomic E-state index is 12.9. The summed E-state index contributed by atoms with van der Waals surface area (Å²) >= 11 is 0. The average Bonchev–Trinajstić information content (AvgIpc) is 2.74. The SMILES string of the molecule is CCCCN(CCS(=O)(=O)N1CCNCC1)C(=O)c1ccccc1C.O=C(O)C(F)(F)F. The zero-order valence-corrected chi connectivity index (χ0v) is 19.0. The molecule has 1 fully saturated rings. The summed E-state index contributed by atoms with van der Waals surface area (Å²) in [6.45, 7) is 7.16. The number of nitrogens with zero attached hydrogens (tertiary/aromatic N) is 2. The number of carbonyl (C=O) groups is 2. The van der Waals surface area contributed by atoms with Crippen LogP contribution in [-0.2, 0) is 14.8 Å². The minimum atomic E-state index is -5.08. The molecule has 1 aromatic rings. The Kier molecular flexibility index (Phi) is 11.1. The van der Waals surface area contributed by atoms with Gasteiger partial charge in [0.05, 0.1) is 5.75 Å². The lowest BCUT2D eigenvalue weighted by atomic mass is 10.1. The van der Waals surface area contributed by atoms with Gasteiger partial charge in [0.1, 0.15) is 0 Å². The van der Waals surface area contributed by atoms with Crippen molar-refractivity contribution in [1.82, 2.24) is 14.5 Å². The van der Waals surface area contributed by atoms with E-state index in [1.807, 2.05) is 25.1 Å². The third kappa shape index (κ3) is 9.13. The molecule has 1 saturated heterocycles. The molecule has 1 amide bonds. The van der Waals surface area contributed by atoms with E-state index in [0.29, 0.717) is 38.3 Å². The van der Waals surface area contributed by atoms with Crippen LogP contribution in [0.25, 0.3) is 0 Å². The molecular formula is C20H30F3N3O5S. The third-order valence-corrected chi connectivity index (χ3v) is 6.63. The van der Waals surface area contributed by atoms with E-state index in [9.17, 15) is 26.4 Å². The molecule has 0 aromatic heterocycles. The number of carboxylic acid groups (broad SMARTS) is 1. The van der Waals surface area contributed by atoms with Crippen molar-refractivity contribution in [1.29, 1.82) is 0 Å². The third-order valence-electron chi connectivity index (χ3n) is 4.78. The molecule has 2 rings (SSSR count). The number of alkyl halides is 3. The van der Waals surface area contributed by atoms with Crippen LogP contribution in [0.5, 0.6) is 0 Å². The van der Waals surface area contributed by atoms with Crippen molar-refractivity contribution < 1.29 is 36.3 Å². The number of benzene rings is 1. The van der Waals surface area contributed by atoms with Crippen LogP contribution < -0.4 is 5.32 Å². The second-order valence-electron chi connectivity index (χ2n) is 7.23. The van der Waals surface area contributed by atoms with Gasteiger partial charge < -0.3 is 15.3 Å². The summed E-state index contributed by atoms with van der Waals surface area (Å²) in [5.74, 6) is -2.86. The van der Waals surface area contributed by atoms with E-state index in [4.69, 9.17) is 9.90 Å². The van der Waals surface area contributed by atoms with Crippen molar-refractivity contribution in [2.24, 2.45) is 0 Å². The smallest absolute Gasteiger partial charge is 0.475 e. The fourth-order valence-corrected chi connectivity index (χ4v) is 4.37. The number of piperazine rings is 1. The van der Waals surface area contributed by atoms with Crippen LogP contribution >= 0.6 is 0 Å². The Morgan fingerprint density at radius 2 is 1.72 bits per heavy atom. The normalized spacial score (nSPS) is 14.9. The van der Waals surface area contributed by atoms with Gasteiger partial charge in [0.25, 0.3) is 5.91 Å². The van der Waals surface area contributed by atoms with E-state index in [2.05, 4.69) is 12.2 Å². The van der Waals surface area contributed by atoms with Crippen LogP contribution in [0.3, 0.4) is 0 Å². The summed E-state index contributed by atoms with van der Waals surface area (Å²) in [4.78, 5) is 23.5. The van der Waals surface area contributed by atoms with E-state index < -0.39 is 22.2 Å². The van der Waals surface area contributed by atoms with E-state index in [0.717, 1.165) is 18.4 Å². The fourth-order valence-electron chi connectivity index (χ4n) is 2.92. The number of hydrogen-bond donors (Lipinski definition) is 2. The van der Waals surface area contributed by atoms with Gasteiger partial charge >= 0.3 is 12.1 Å². The number of unbranched alkanes of at least 4 members (excludes halogenated alkanes) is 1. The van der Waals surface area contributed by atoms with Crippen LogP contribution in [0, 0.1) is 6.92 Å². The van der Waals surface area contributed by atoms with Gasteiger partial charge in [0, 0.05) is 44.8 Å². The predicted octanol–water partition coefficient (Wildman–Crippen LogP) is 2.11. The summed E-state index contributed by atoms with van der Waals surface area (Å²) in [6.07, 6.45) is -3.26. The number of nitrogens with one attached hydrogen (secondary N) is 1. The predicted molar refractivity (Wildman–Crippen MR) is 114 cm³/mol. The zero-order chi connectivity index (χ0) is 24.4. The van der Waals surface area contributed by atoms with Crippen LogP contribution in [0.15, 0.2) is 24.3 Å². The lowest BCUT2D eigenvalue weighted by Gasteiger charge is -2.28. The number of hydrogen-bond acceptors (Lipinski definition) is 5. The minimum Gasteiger partial charge on any atom is -0.475 e. The topological polar surface area (TPSA) is 107 Å². The first-order valence-electron chi connectivity index (χ1n) is 10.2.